The zero-order chi connectivity index (χ0) is 14.4. The molecule has 2 amide bonds. The van der Waals surface area contributed by atoms with E-state index < -0.39 is 12.0 Å². The van der Waals surface area contributed by atoms with E-state index in [-0.39, 0.29) is 18.2 Å². The van der Waals surface area contributed by atoms with E-state index in [1.165, 1.54) is 4.90 Å². The first-order valence-electron chi connectivity index (χ1n) is 6.37. The molecule has 0 aromatic carbocycles. The van der Waals surface area contributed by atoms with Crippen LogP contribution >= 0.6 is 0 Å². The molecule has 1 heterocycles. The third-order valence-electron chi connectivity index (χ3n) is 3.28. The first-order chi connectivity index (χ1) is 9.03. The van der Waals surface area contributed by atoms with Crippen LogP contribution in [-0.2, 0) is 14.3 Å². The average molecular weight is 274 g/mol. The fourth-order valence-electron chi connectivity index (χ4n) is 2.15. The number of aliphatic carboxylic acids is 1. The molecule has 2 unspecified atom stereocenters. The van der Waals surface area contributed by atoms with Crippen LogP contribution in [0.2, 0.25) is 0 Å². The van der Waals surface area contributed by atoms with Crippen molar-refractivity contribution >= 4 is 12.0 Å². The lowest BCUT2D eigenvalue weighted by molar-refractivity contribution is -0.139. The van der Waals surface area contributed by atoms with Gasteiger partial charge in [0.1, 0.15) is 18.2 Å². The number of ether oxygens (including phenoxy) is 2. The van der Waals surface area contributed by atoms with Crippen molar-refractivity contribution in [1.29, 1.82) is 0 Å². The Kier molecular flexibility index (Phi) is 6.04. The SMILES string of the molecule is CCC[C@@H](NC(=O)N1CC(OC)C(OC)C1)C(=O)O. The molecule has 1 saturated heterocycles. The Labute approximate surface area is 112 Å². The minimum absolute atomic E-state index is 0.176. The highest BCUT2D eigenvalue weighted by Gasteiger charge is 2.36. The van der Waals surface area contributed by atoms with Crippen molar-refractivity contribution in [1.82, 2.24) is 10.2 Å². The monoisotopic (exact) mass is 274 g/mol. The van der Waals surface area contributed by atoms with Crippen molar-refractivity contribution in [2.45, 2.75) is 38.0 Å². The number of urea groups is 1. The smallest absolute Gasteiger partial charge is 0.326 e. The molecule has 1 aliphatic rings. The number of amides is 2. The normalized spacial score (nSPS) is 24.3. The van der Waals surface area contributed by atoms with Gasteiger partial charge in [-0.2, -0.15) is 0 Å². The lowest BCUT2D eigenvalue weighted by Crippen LogP contribution is -2.47. The minimum Gasteiger partial charge on any atom is -0.480 e. The van der Waals surface area contributed by atoms with Crippen LogP contribution in [0, 0.1) is 0 Å². The van der Waals surface area contributed by atoms with Crippen molar-refractivity contribution < 1.29 is 24.2 Å². The summed E-state index contributed by atoms with van der Waals surface area (Å²) in [6, 6.07) is -1.23. The summed E-state index contributed by atoms with van der Waals surface area (Å²) in [5.74, 6) is -1.01. The number of hydrogen-bond acceptors (Lipinski definition) is 4. The lowest BCUT2D eigenvalue weighted by Gasteiger charge is -2.20. The Morgan fingerprint density at radius 1 is 1.32 bits per heavy atom. The zero-order valence-electron chi connectivity index (χ0n) is 11.6. The summed E-state index contributed by atoms with van der Waals surface area (Å²) in [7, 11) is 3.13. The fourth-order valence-corrected chi connectivity index (χ4v) is 2.15. The predicted octanol–water partition coefficient (Wildman–Crippen LogP) is 0.295. The minimum atomic E-state index is -1.01. The van der Waals surface area contributed by atoms with Crippen molar-refractivity contribution in [3.8, 4) is 0 Å². The van der Waals surface area contributed by atoms with Crippen molar-refractivity contribution in [2.24, 2.45) is 0 Å². The summed E-state index contributed by atoms with van der Waals surface area (Å²) in [5, 5.41) is 11.5. The Balaban J connectivity index is 2.56. The molecule has 0 aromatic rings. The molecular formula is C12H22N2O5. The summed E-state index contributed by atoms with van der Waals surface area (Å²) in [6.07, 6.45) is 0.755. The van der Waals surface area contributed by atoms with E-state index in [1.807, 2.05) is 6.92 Å². The molecule has 3 atom stereocenters. The molecular weight excluding hydrogens is 252 g/mol. The summed E-state index contributed by atoms with van der Waals surface area (Å²) < 4.78 is 10.5. The number of carboxylic acids is 1. The van der Waals surface area contributed by atoms with E-state index in [9.17, 15) is 9.59 Å². The third kappa shape index (κ3) is 4.07. The molecule has 1 fully saturated rings. The maximum Gasteiger partial charge on any atom is 0.326 e. The standard InChI is InChI=1S/C12H22N2O5/c1-4-5-8(11(15)16)13-12(17)14-6-9(18-2)10(7-14)19-3/h8-10H,4-7H2,1-3H3,(H,13,17)(H,15,16)/t8-,9?,10?/m1/s1. The third-order valence-corrected chi connectivity index (χ3v) is 3.28. The van der Waals surface area contributed by atoms with Crippen LogP contribution in [0.15, 0.2) is 0 Å². The van der Waals surface area contributed by atoms with E-state index in [0.29, 0.717) is 25.9 Å². The van der Waals surface area contributed by atoms with E-state index in [4.69, 9.17) is 14.6 Å². The van der Waals surface area contributed by atoms with Crippen LogP contribution in [0.25, 0.3) is 0 Å². The lowest BCUT2D eigenvalue weighted by atomic mass is 10.2. The summed E-state index contributed by atoms with van der Waals surface area (Å²) in [4.78, 5) is 24.5. The van der Waals surface area contributed by atoms with E-state index >= 15 is 0 Å². The maximum absolute atomic E-state index is 12.0. The number of hydrogen-bond donors (Lipinski definition) is 2. The number of carbonyl (C=O) groups is 2. The van der Waals surface area contributed by atoms with Crippen molar-refractivity contribution in [3.63, 3.8) is 0 Å². The number of carbonyl (C=O) groups excluding carboxylic acids is 1. The van der Waals surface area contributed by atoms with Crippen molar-refractivity contribution in [3.05, 3.63) is 0 Å². The Morgan fingerprint density at radius 2 is 1.84 bits per heavy atom. The number of carboxylic acid groups (broad SMARTS) is 1. The maximum atomic E-state index is 12.0. The highest BCUT2D eigenvalue weighted by Crippen LogP contribution is 2.16. The van der Waals surface area contributed by atoms with E-state index in [2.05, 4.69) is 5.32 Å². The number of nitrogens with one attached hydrogen (secondary N) is 1. The first kappa shape index (κ1) is 15.7. The quantitative estimate of drug-likeness (QED) is 0.727. The molecule has 110 valence electrons. The Bertz CT molecular complexity index is 311. The molecule has 0 aromatic heterocycles. The van der Waals surface area contributed by atoms with Gasteiger partial charge < -0.3 is 24.8 Å². The second-order valence-electron chi connectivity index (χ2n) is 4.58. The summed E-state index contributed by atoms with van der Waals surface area (Å²) in [6.45, 7) is 2.68. The van der Waals surface area contributed by atoms with Gasteiger partial charge in [0.25, 0.3) is 0 Å². The largest absolute Gasteiger partial charge is 0.480 e. The molecule has 2 N–H and O–H groups in total. The molecule has 0 radical (unpaired) electrons. The Morgan fingerprint density at radius 3 is 2.21 bits per heavy atom. The van der Waals surface area contributed by atoms with Crippen molar-refractivity contribution in [2.75, 3.05) is 27.3 Å². The second-order valence-corrected chi connectivity index (χ2v) is 4.58. The second kappa shape index (κ2) is 7.30. The number of rotatable bonds is 6. The predicted molar refractivity (Wildman–Crippen MR) is 68.0 cm³/mol. The molecule has 0 bridgehead atoms. The van der Waals surface area contributed by atoms with Gasteiger partial charge in [0, 0.05) is 14.2 Å². The molecule has 7 heteroatoms. The van der Waals surface area contributed by atoms with Crippen LogP contribution in [0.5, 0.6) is 0 Å². The number of likely N-dealkylation sites (tertiary alicyclic amines) is 1. The highest BCUT2D eigenvalue weighted by atomic mass is 16.5. The van der Waals surface area contributed by atoms with Gasteiger partial charge in [0.05, 0.1) is 13.1 Å². The first-order valence-corrected chi connectivity index (χ1v) is 6.37. The Hall–Kier alpha value is -1.34. The molecule has 7 nitrogen and oxygen atoms in total. The van der Waals surface area contributed by atoms with Gasteiger partial charge >= 0.3 is 12.0 Å². The molecule has 19 heavy (non-hydrogen) atoms. The number of methoxy groups -OCH3 is 2. The van der Waals surface area contributed by atoms with Gasteiger partial charge in [0.15, 0.2) is 0 Å². The van der Waals surface area contributed by atoms with Crippen LogP contribution in [0.4, 0.5) is 4.79 Å². The fraction of sp³-hybridized carbons (Fsp3) is 0.833. The zero-order valence-corrected chi connectivity index (χ0v) is 11.6. The van der Waals surface area contributed by atoms with Crippen LogP contribution in [0.3, 0.4) is 0 Å². The van der Waals surface area contributed by atoms with Gasteiger partial charge in [-0.1, -0.05) is 13.3 Å². The van der Waals surface area contributed by atoms with Gasteiger partial charge in [-0.15, -0.1) is 0 Å². The molecule has 0 spiro atoms. The van der Waals surface area contributed by atoms with Gasteiger partial charge in [-0.05, 0) is 6.42 Å². The summed E-state index contributed by atoms with van der Waals surface area (Å²) in [5.41, 5.74) is 0. The topological polar surface area (TPSA) is 88.1 Å². The molecule has 0 aliphatic carbocycles. The molecule has 1 aliphatic heterocycles. The van der Waals surface area contributed by atoms with Crippen LogP contribution < -0.4 is 5.32 Å². The summed E-state index contributed by atoms with van der Waals surface area (Å²) >= 11 is 0. The van der Waals surface area contributed by atoms with Gasteiger partial charge in [0.2, 0.25) is 0 Å². The highest BCUT2D eigenvalue weighted by molar-refractivity contribution is 5.82. The van der Waals surface area contributed by atoms with Gasteiger partial charge in [-0.3, -0.25) is 0 Å². The van der Waals surface area contributed by atoms with Crippen LogP contribution in [0.1, 0.15) is 19.8 Å². The van der Waals surface area contributed by atoms with E-state index in [1.54, 1.807) is 14.2 Å². The molecule has 0 saturated carbocycles. The van der Waals surface area contributed by atoms with E-state index in [0.717, 1.165) is 0 Å². The van der Waals surface area contributed by atoms with Crippen LogP contribution in [-0.4, -0.2) is 67.6 Å². The van der Waals surface area contributed by atoms with Gasteiger partial charge in [-0.25, -0.2) is 9.59 Å². The average Bonchev–Trinajstić information content (AvgIpc) is 2.81. The molecule has 1 rings (SSSR count). The number of nitrogens with zero attached hydrogens (tertiary/aromatic N) is 1.